The van der Waals surface area contributed by atoms with Gasteiger partial charge in [0, 0.05) is 6.54 Å². The van der Waals surface area contributed by atoms with Crippen LogP contribution in [0.1, 0.15) is 17.2 Å². The molecule has 6 heteroatoms. The van der Waals surface area contributed by atoms with Crippen LogP contribution in [0.15, 0.2) is 54.1 Å². The third kappa shape index (κ3) is 5.60. The number of amides is 1. The molecule has 28 heavy (non-hydrogen) atoms. The van der Waals surface area contributed by atoms with Crippen molar-refractivity contribution in [2.45, 2.75) is 6.04 Å². The van der Waals surface area contributed by atoms with Crippen molar-refractivity contribution in [3.63, 3.8) is 0 Å². The Kier molecular flexibility index (Phi) is 7.61. The van der Waals surface area contributed by atoms with E-state index in [0.29, 0.717) is 12.3 Å². The smallest absolute Gasteiger partial charge is 0.262 e. The van der Waals surface area contributed by atoms with Gasteiger partial charge in [-0.3, -0.25) is 4.79 Å². The SMILES string of the molecule is COc1ccc(C(CNC(=O)C(C#N)=Cc2cccc(OC)c2)N(C)C)cc1. The Morgan fingerprint density at radius 2 is 1.82 bits per heavy atom. The first-order chi connectivity index (χ1) is 13.5. The molecule has 0 aromatic heterocycles. The minimum absolute atomic E-state index is 0.0355. The van der Waals surface area contributed by atoms with E-state index in [9.17, 15) is 10.1 Å². The summed E-state index contributed by atoms with van der Waals surface area (Å²) in [6, 6.07) is 16.8. The molecule has 1 unspecified atom stereocenters. The van der Waals surface area contributed by atoms with Gasteiger partial charge in [-0.1, -0.05) is 24.3 Å². The third-order valence-electron chi connectivity index (χ3n) is 4.35. The van der Waals surface area contributed by atoms with E-state index in [1.54, 1.807) is 32.4 Å². The maximum Gasteiger partial charge on any atom is 0.262 e. The van der Waals surface area contributed by atoms with Crippen LogP contribution in [0, 0.1) is 11.3 Å². The average molecular weight is 379 g/mol. The van der Waals surface area contributed by atoms with Gasteiger partial charge in [-0.05, 0) is 55.6 Å². The van der Waals surface area contributed by atoms with E-state index < -0.39 is 5.91 Å². The Morgan fingerprint density at radius 1 is 1.14 bits per heavy atom. The van der Waals surface area contributed by atoms with E-state index in [0.717, 1.165) is 16.9 Å². The van der Waals surface area contributed by atoms with Gasteiger partial charge in [0.05, 0.1) is 20.3 Å². The molecule has 6 nitrogen and oxygen atoms in total. The van der Waals surface area contributed by atoms with Gasteiger partial charge in [0.1, 0.15) is 23.1 Å². The van der Waals surface area contributed by atoms with Crippen LogP contribution in [-0.2, 0) is 4.79 Å². The number of nitrogens with one attached hydrogen (secondary N) is 1. The Labute approximate surface area is 166 Å². The molecule has 0 aliphatic heterocycles. The summed E-state index contributed by atoms with van der Waals surface area (Å²) < 4.78 is 10.4. The summed E-state index contributed by atoms with van der Waals surface area (Å²) in [7, 11) is 7.08. The van der Waals surface area contributed by atoms with E-state index >= 15 is 0 Å². The van der Waals surface area contributed by atoms with Crippen LogP contribution < -0.4 is 14.8 Å². The van der Waals surface area contributed by atoms with Crippen molar-refractivity contribution in [1.29, 1.82) is 5.26 Å². The fraction of sp³-hybridized carbons (Fsp3) is 0.273. The van der Waals surface area contributed by atoms with Crippen LogP contribution in [-0.4, -0.2) is 45.7 Å². The molecule has 0 fully saturated rings. The van der Waals surface area contributed by atoms with Gasteiger partial charge in [0.15, 0.2) is 0 Å². The van der Waals surface area contributed by atoms with Crippen LogP contribution >= 0.6 is 0 Å². The number of carbonyl (C=O) groups is 1. The van der Waals surface area contributed by atoms with E-state index in [1.807, 2.05) is 61.5 Å². The first-order valence-corrected chi connectivity index (χ1v) is 8.83. The lowest BCUT2D eigenvalue weighted by Gasteiger charge is -2.25. The fourth-order valence-electron chi connectivity index (χ4n) is 2.76. The molecule has 0 radical (unpaired) electrons. The maximum absolute atomic E-state index is 12.5. The van der Waals surface area contributed by atoms with Crippen molar-refractivity contribution < 1.29 is 14.3 Å². The van der Waals surface area contributed by atoms with Crippen LogP contribution in [0.4, 0.5) is 0 Å². The first-order valence-electron chi connectivity index (χ1n) is 8.83. The zero-order valence-corrected chi connectivity index (χ0v) is 16.6. The molecule has 1 atom stereocenters. The van der Waals surface area contributed by atoms with Gasteiger partial charge in [0.25, 0.3) is 5.91 Å². The lowest BCUT2D eigenvalue weighted by molar-refractivity contribution is -0.117. The van der Waals surface area contributed by atoms with Gasteiger partial charge in [-0.25, -0.2) is 0 Å². The van der Waals surface area contributed by atoms with Gasteiger partial charge in [-0.2, -0.15) is 5.26 Å². The number of nitriles is 1. The van der Waals surface area contributed by atoms with E-state index in [4.69, 9.17) is 9.47 Å². The van der Waals surface area contributed by atoms with Crippen molar-refractivity contribution in [2.75, 3.05) is 34.9 Å². The van der Waals surface area contributed by atoms with Gasteiger partial charge < -0.3 is 19.7 Å². The molecule has 0 aliphatic carbocycles. The van der Waals surface area contributed by atoms with Crippen LogP contribution in [0.25, 0.3) is 6.08 Å². The Balaban J connectivity index is 2.11. The number of hydrogen-bond donors (Lipinski definition) is 1. The standard InChI is InChI=1S/C22H25N3O3/c1-25(2)21(17-8-10-19(27-3)11-9-17)15-24-22(26)18(14-23)12-16-6-5-7-20(13-16)28-4/h5-13,21H,15H2,1-4H3,(H,24,26). The van der Waals surface area contributed by atoms with Crippen LogP contribution in [0.5, 0.6) is 11.5 Å². The molecule has 0 aliphatic rings. The maximum atomic E-state index is 12.5. The number of hydrogen-bond acceptors (Lipinski definition) is 5. The summed E-state index contributed by atoms with van der Waals surface area (Å²) in [6.07, 6.45) is 1.55. The van der Waals surface area contributed by atoms with Crippen molar-refractivity contribution >= 4 is 12.0 Å². The summed E-state index contributed by atoms with van der Waals surface area (Å²) in [6.45, 7) is 0.370. The number of benzene rings is 2. The van der Waals surface area contributed by atoms with Crippen LogP contribution in [0.2, 0.25) is 0 Å². The molecule has 0 bridgehead atoms. The highest BCUT2D eigenvalue weighted by atomic mass is 16.5. The highest BCUT2D eigenvalue weighted by molar-refractivity contribution is 6.01. The van der Waals surface area contributed by atoms with Crippen molar-refractivity contribution in [3.8, 4) is 17.6 Å². The number of carbonyl (C=O) groups excluding carboxylic acids is 1. The number of ether oxygens (including phenoxy) is 2. The molecule has 0 heterocycles. The lowest BCUT2D eigenvalue weighted by Crippen LogP contribution is -2.35. The highest BCUT2D eigenvalue weighted by Gasteiger charge is 2.17. The summed E-state index contributed by atoms with van der Waals surface area (Å²) >= 11 is 0. The van der Waals surface area contributed by atoms with E-state index in [1.165, 1.54) is 0 Å². The molecular weight excluding hydrogens is 354 g/mol. The summed E-state index contributed by atoms with van der Waals surface area (Å²) in [5.74, 6) is 1.03. The summed E-state index contributed by atoms with van der Waals surface area (Å²) in [5, 5.41) is 12.3. The normalized spacial score (nSPS) is 12.2. The molecule has 2 rings (SSSR count). The zero-order valence-electron chi connectivity index (χ0n) is 16.6. The Morgan fingerprint density at radius 3 is 2.39 bits per heavy atom. The minimum atomic E-state index is -0.411. The molecule has 0 saturated heterocycles. The second kappa shape index (κ2) is 10.1. The third-order valence-corrected chi connectivity index (χ3v) is 4.35. The highest BCUT2D eigenvalue weighted by Crippen LogP contribution is 2.21. The number of likely N-dealkylation sites (N-methyl/N-ethyl adjacent to an activating group) is 1. The summed E-state index contributed by atoms with van der Waals surface area (Å²) in [5.41, 5.74) is 1.81. The molecule has 1 amide bonds. The van der Waals surface area contributed by atoms with Gasteiger partial charge >= 0.3 is 0 Å². The number of rotatable bonds is 8. The topological polar surface area (TPSA) is 74.6 Å². The molecule has 0 saturated carbocycles. The van der Waals surface area contributed by atoms with Crippen molar-refractivity contribution in [1.82, 2.24) is 10.2 Å². The predicted molar refractivity (Wildman–Crippen MR) is 109 cm³/mol. The van der Waals surface area contributed by atoms with E-state index in [2.05, 4.69) is 5.32 Å². The van der Waals surface area contributed by atoms with Gasteiger partial charge in [-0.15, -0.1) is 0 Å². The second-order valence-electron chi connectivity index (χ2n) is 6.41. The number of methoxy groups -OCH3 is 2. The minimum Gasteiger partial charge on any atom is -0.497 e. The molecule has 0 spiro atoms. The molecular formula is C22H25N3O3. The quantitative estimate of drug-likeness (QED) is 0.564. The first kappa shape index (κ1) is 21.0. The average Bonchev–Trinajstić information content (AvgIpc) is 2.72. The van der Waals surface area contributed by atoms with E-state index in [-0.39, 0.29) is 11.6 Å². The predicted octanol–water partition coefficient (Wildman–Crippen LogP) is 3.03. The van der Waals surface area contributed by atoms with Gasteiger partial charge in [0.2, 0.25) is 0 Å². The van der Waals surface area contributed by atoms with Crippen molar-refractivity contribution in [3.05, 3.63) is 65.2 Å². The fourth-order valence-corrected chi connectivity index (χ4v) is 2.76. The zero-order chi connectivity index (χ0) is 20.5. The Hall–Kier alpha value is -3.30. The summed E-state index contributed by atoms with van der Waals surface area (Å²) in [4.78, 5) is 14.5. The molecule has 1 N–H and O–H groups in total. The molecule has 2 aromatic carbocycles. The molecule has 2 aromatic rings. The largest absolute Gasteiger partial charge is 0.497 e. The van der Waals surface area contributed by atoms with Crippen LogP contribution in [0.3, 0.4) is 0 Å². The lowest BCUT2D eigenvalue weighted by atomic mass is 10.1. The second-order valence-corrected chi connectivity index (χ2v) is 6.41. The van der Waals surface area contributed by atoms with Crippen molar-refractivity contribution in [2.24, 2.45) is 0 Å². The Bertz CT molecular complexity index is 867. The molecule has 146 valence electrons. The number of nitrogens with zero attached hydrogens (tertiary/aromatic N) is 2. The monoisotopic (exact) mass is 379 g/mol.